The van der Waals surface area contributed by atoms with Crippen molar-refractivity contribution in [1.29, 1.82) is 0 Å². The fourth-order valence-corrected chi connectivity index (χ4v) is 2.95. The van der Waals surface area contributed by atoms with E-state index in [1.165, 1.54) is 0 Å². The van der Waals surface area contributed by atoms with Crippen LogP contribution in [-0.4, -0.2) is 34.7 Å². The van der Waals surface area contributed by atoms with Crippen molar-refractivity contribution in [2.24, 2.45) is 5.73 Å². The van der Waals surface area contributed by atoms with Gasteiger partial charge in [0.1, 0.15) is 0 Å². The molecule has 0 saturated heterocycles. The number of primary amides is 1. The minimum absolute atomic E-state index is 0.177. The van der Waals surface area contributed by atoms with Crippen LogP contribution in [0.2, 0.25) is 5.02 Å². The van der Waals surface area contributed by atoms with Gasteiger partial charge in [-0.2, -0.15) is 5.10 Å². The fraction of sp³-hybridized carbons (Fsp3) is 0.222. The number of nitrogens with two attached hydrogens (primary N) is 1. The third-order valence-electron chi connectivity index (χ3n) is 3.77. The van der Waals surface area contributed by atoms with Crippen molar-refractivity contribution in [2.75, 3.05) is 14.1 Å². The second-order valence-electron chi connectivity index (χ2n) is 6.09. The number of hydrogen-bond donors (Lipinski definition) is 1. The Hall–Kier alpha value is -2.37. The summed E-state index contributed by atoms with van der Waals surface area (Å²) in [5, 5.41) is 6.27. The van der Waals surface area contributed by atoms with Crippen LogP contribution in [0.3, 0.4) is 0 Å². The molecular weight excluding hydrogens is 324 g/mol. The van der Waals surface area contributed by atoms with E-state index in [9.17, 15) is 4.79 Å². The molecule has 0 saturated carbocycles. The summed E-state index contributed by atoms with van der Waals surface area (Å²) in [5.41, 5.74) is 8.87. The molecule has 0 atom stereocenters. The molecule has 6 heteroatoms. The van der Waals surface area contributed by atoms with E-state index < -0.39 is 0 Å². The molecule has 0 bridgehead atoms. The third-order valence-corrected chi connectivity index (χ3v) is 4.12. The predicted molar refractivity (Wildman–Crippen MR) is 96.4 cm³/mol. The lowest BCUT2D eigenvalue weighted by atomic mass is 10.1. The number of fused-ring (bicyclic) bond motifs is 1. The van der Waals surface area contributed by atoms with E-state index in [2.05, 4.69) is 10.00 Å². The first-order valence-corrected chi connectivity index (χ1v) is 8.01. The number of aromatic nitrogens is 2. The number of nitrogens with zero attached hydrogens (tertiary/aromatic N) is 3. The molecular formula is C18H19ClN4O. The number of halogens is 1. The zero-order chi connectivity index (χ0) is 17.3. The number of amides is 1. The number of rotatable bonds is 5. The molecule has 0 radical (unpaired) electrons. The largest absolute Gasteiger partial charge is 0.369 e. The highest BCUT2D eigenvalue weighted by Crippen LogP contribution is 2.24. The van der Waals surface area contributed by atoms with Gasteiger partial charge in [0, 0.05) is 23.2 Å². The molecule has 124 valence electrons. The van der Waals surface area contributed by atoms with E-state index in [0.717, 1.165) is 34.3 Å². The number of carbonyl (C=O) groups excluding carboxylic acids is 1. The summed E-state index contributed by atoms with van der Waals surface area (Å²) >= 11 is 6.39. The molecule has 0 aliphatic carbocycles. The van der Waals surface area contributed by atoms with Crippen molar-refractivity contribution in [2.45, 2.75) is 13.0 Å². The first-order chi connectivity index (χ1) is 11.4. The molecule has 0 aliphatic heterocycles. The van der Waals surface area contributed by atoms with E-state index in [0.29, 0.717) is 5.02 Å². The highest BCUT2D eigenvalue weighted by Gasteiger charge is 2.10. The molecule has 0 fully saturated rings. The van der Waals surface area contributed by atoms with E-state index in [1.807, 2.05) is 56.7 Å². The van der Waals surface area contributed by atoms with Gasteiger partial charge in [-0.25, -0.2) is 4.68 Å². The minimum atomic E-state index is -0.367. The molecule has 5 nitrogen and oxygen atoms in total. The van der Waals surface area contributed by atoms with Crippen LogP contribution in [0.1, 0.15) is 11.1 Å². The molecule has 1 aromatic heterocycles. The Kier molecular flexibility index (Phi) is 4.55. The first kappa shape index (κ1) is 16.5. The number of benzene rings is 2. The van der Waals surface area contributed by atoms with Crippen molar-refractivity contribution in [3.05, 3.63) is 58.7 Å². The van der Waals surface area contributed by atoms with Gasteiger partial charge >= 0.3 is 0 Å². The van der Waals surface area contributed by atoms with Crippen LogP contribution in [0.5, 0.6) is 0 Å². The fourth-order valence-electron chi connectivity index (χ4n) is 2.72. The Balaban J connectivity index is 2.01. The lowest BCUT2D eigenvalue weighted by molar-refractivity contribution is -0.117. The normalized spacial score (nSPS) is 11.3. The summed E-state index contributed by atoms with van der Waals surface area (Å²) in [5.74, 6) is -0.367. The summed E-state index contributed by atoms with van der Waals surface area (Å²) in [6.45, 7) is 0.781. The molecule has 3 rings (SSSR count). The average molecular weight is 343 g/mol. The van der Waals surface area contributed by atoms with Crippen molar-refractivity contribution < 1.29 is 4.79 Å². The van der Waals surface area contributed by atoms with Gasteiger partial charge in [-0.3, -0.25) is 4.79 Å². The van der Waals surface area contributed by atoms with Gasteiger partial charge in [0.05, 0.1) is 17.6 Å². The maximum absolute atomic E-state index is 11.2. The Labute approximate surface area is 145 Å². The lowest BCUT2D eigenvalue weighted by Gasteiger charge is -2.12. The van der Waals surface area contributed by atoms with Crippen LogP contribution in [0.4, 0.5) is 0 Å². The summed E-state index contributed by atoms with van der Waals surface area (Å²) in [6, 6.07) is 11.6. The molecule has 2 N–H and O–H groups in total. The smallest absolute Gasteiger partial charge is 0.221 e. The van der Waals surface area contributed by atoms with Gasteiger partial charge in [0.2, 0.25) is 5.91 Å². The quantitative estimate of drug-likeness (QED) is 0.775. The van der Waals surface area contributed by atoms with Crippen LogP contribution in [0.25, 0.3) is 16.6 Å². The maximum atomic E-state index is 11.2. The van der Waals surface area contributed by atoms with Crippen LogP contribution in [-0.2, 0) is 17.8 Å². The predicted octanol–water partition coefficient (Wildman–Crippen LogP) is 2.77. The number of carbonyl (C=O) groups is 1. The Morgan fingerprint density at radius 1 is 1.25 bits per heavy atom. The van der Waals surface area contributed by atoms with Gasteiger partial charge in [-0.15, -0.1) is 0 Å². The van der Waals surface area contributed by atoms with Crippen molar-refractivity contribution >= 4 is 28.4 Å². The SMILES string of the molecule is CN(C)Cc1ccc(-n2cc3cccc(CC(N)=O)c3n2)cc1Cl. The molecule has 0 spiro atoms. The van der Waals surface area contributed by atoms with E-state index >= 15 is 0 Å². The molecule has 1 heterocycles. The van der Waals surface area contributed by atoms with Crippen LogP contribution in [0.15, 0.2) is 42.6 Å². The first-order valence-electron chi connectivity index (χ1n) is 7.63. The zero-order valence-electron chi connectivity index (χ0n) is 13.7. The standard InChI is InChI=1S/C18H19ClN4O/c1-22(2)10-13-6-7-15(9-16(13)19)23-11-14-5-3-4-12(8-17(20)24)18(14)21-23/h3-7,9,11H,8,10H2,1-2H3,(H2,20,24). The Morgan fingerprint density at radius 3 is 2.71 bits per heavy atom. The summed E-state index contributed by atoms with van der Waals surface area (Å²) in [7, 11) is 4.01. The Bertz CT molecular complexity index is 901. The number of hydrogen-bond acceptors (Lipinski definition) is 3. The highest BCUT2D eigenvalue weighted by atomic mass is 35.5. The van der Waals surface area contributed by atoms with E-state index in [-0.39, 0.29) is 12.3 Å². The van der Waals surface area contributed by atoms with Gasteiger partial charge in [0.15, 0.2) is 0 Å². The molecule has 3 aromatic rings. The van der Waals surface area contributed by atoms with Crippen LogP contribution in [0, 0.1) is 0 Å². The topological polar surface area (TPSA) is 64.2 Å². The van der Waals surface area contributed by atoms with Gasteiger partial charge in [-0.1, -0.05) is 35.9 Å². The average Bonchev–Trinajstić information content (AvgIpc) is 2.93. The van der Waals surface area contributed by atoms with E-state index in [1.54, 1.807) is 4.68 Å². The lowest BCUT2D eigenvalue weighted by Crippen LogP contribution is -2.13. The van der Waals surface area contributed by atoms with E-state index in [4.69, 9.17) is 17.3 Å². The van der Waals surface area contributed by atoms with Crippen LogP contribution >= 0.6 is 11.6 Å². The minimum Gasteiger partial charge on any atom is -0.369 e. The molecule has 0 aliphatic rings. The van der Waals surface area contributed by atoms with Gasteiger partial charge < -0.3 is 10.6 Å². The third kappa shape index (κ3) is 3.42. The van der Waals surface area contributed by atoms with Crippen LogP contribution < -0.4 is 5.73 Å². The zero-order valence-corrected chi connectivity index (χ0v) is 14.4. The maximum Gasteiger partial charge on any atom is 0.221 e. The molecule has 0 unspecified atom stereocenters. The Morgan fingerprint density at radius 2 is 2.04 bits per heavy atom. The molecule has 1 amide bonds. The van der Waals surface area contributed by atoms with Gasteiger partial charge in [-0.05, 0) is 37.4 Å². The monoisotopic (exact) mass is 342 g/mol. The van der Waals surface area contributed by atoms with Crippen molar-refractivity contribution in [1.82, 2.24) is 14.7 Å². The summed E-state index contributed by atoms with van der Waals surface area (Å²) in [4.78, 5) is 13.3. The van der Waals surface area contributed by atoms with Gasteiger partial charge in [0.25, 0.3) is 0 Å². The molecule has 24 heavy (non-hydrogen) atoms. The molecule has 2 aromatic carbocycles. The summed E-state index contributed by atoms with van der Waals surface area (Å²) < 4.78 is 1.78. The highest BCUT2D eigenvalue weighted by molar-refractivity contribution is 6.31. The summed E-state index contributed by atoms with van der Waals surface area (Å²) in [6.07, 6.45) is 2.11. The second-order valence-corrected chi connectivity index (χ2v) is 6.49. The second kappa shape index (κ2) is 6.63. The van der Waals surface area contributed by atoms with Crippen molar-refractivity contribution in [3.8, 4) is 5.69 Å². The van der Waals surface area contributed by atoms with Crippen molar-refractivity contribution in [3.63, 3.8) is 0 Å².